The molecule has 0 fully saturated rings. The van der Waals surface area contributed by atoms with E-state index in [-0.39, 0.29) is 11.4 Å². The maximum atomic E-state index is 13.4. The van der Waals surface area contributed by atoms with Crippen molar-refractivity contribution in [2.45, 2.75) is 13.1 Å². The van der Waals surface area contributed by atoms with Gasteiger partial charge in [0.25, 0.3) is 0 Å². The number of nitrogens with two attached hydrogens (primary N) is 1. The summed E-state index contributed by atoms with van der Waals surface area (Å²) in [4.78, 5) is 0. The average Bonchev–Trinajstić information content (AvgIpc) is 2.87. The molecule has 0 aliphatic rings. The third-order valence-electron chi connectivity index (χ3n) is 3.60. The van der Waals surface area contributed by atoms with Gasteiger partial charge in [-0.2, -0.15) is 18.3 Å². The first-order valence-electron chi connectivity index (χ1n) is 7.06. The highest BCUT2D eigenvalue weighted by atomic mass is 35.5. The van der Waals surface area contributed by atoms with E-state index >= 15 is 0 Å². The lowest BCUT2D eigenvalue weighted by atomic mass is 10.1. The lowest BCUT2D eigenvalue weighted by Crippen LogP contribution is -2.08. The summed E-state index contributed by atoms with van der Waals surface area (Å²) in [6, 6.07) is 12.9. The van der Waals surface area contributed by atoms with Gasteiger partial charge in [-0.1, -0.05) is 41.4 Å². The largest absolute Gasteiger partial charge is 0.435 e. The van der Waals surface area contributed by atoms with Gasteiger partial charge in [0.2, 0.25) is 0 Å². The van der Waals surface area contributed by atoms with Crippen molar-refractivity contribution in [1.29, 1.82) is 0 Å². The van der Waals surface area contributed by atoms with Crippen LogP contribution in [0.1, 0.15) is 11.3 Å². The van der Waals surface area contributed by atoms with Crippen LogP contribution in [-0.4, -0.2) is 9.78 Å². The number of rotatable bonds is 2. The molecule has 0 aliphatic heterocycles. The molecule has 3 rings (SSSR count). The molecule has 0 spiro atoms. The van der Waals surface area contributed by atoms with Crippen molar-refractivity contribution in [3.05, 3.63) is 64.8 Å². The standard InChI is InChI=1S/C17H13ClF3N3/c1-10-2-8-13(9-3-10)24-16(22)14(15(23-24)17(19,20)21)11-4-6-12(18)7-5-11/h2-9H,22H2,1H3. The molecule has 124 valence electrons. The lowest BCUT2D eigenvalue weighted by Gasteiger charge is -2.07. The molecule has 2 N–H and O–H groups in total. The van der Waals surface area contributed by atoms with Crippen LogP contribution >= 0.6 is 11.6 Å². The van der Waals surface area contributed by atoms with Crippen molar-refractivity contribution in [2.75, 3.05) is 5.73 Å². The van der Waals surface area contributed by atoms with Crippen molar-refractivity contribution in [2.24, 2.45) is 0 Å². The Hall–Kier alpha value is -2.47. The van der Waals surface area contributed by atoms with Gasteiger partial charge in [-0.25, -0.2) is 4.68 Å². The predicted octanol–water partition coefficient (Wildman–Crippen LogP) is 5.10. The molecular weight excluding hydrogens is 339 g/mol. The molecule has 0 unspecified atom stereocenters. The van der Waals surface area contributed by atoms with Crippen LogP contribution in [0.2, 0.25) is 5.02 Å². The van der Waals surface area contributed by atoms with Gasteiger partial charge in [-0.05, 0) is 36.8 Å². The Balaban J connectivity index is 2.23. The van der Waals surface area contributed by atoms with Gasteiger partial charge in [-0.15, -0.1) is 0 Å². The SMILES string of the molecule is Cc1ccc(-n2nc(C(F)(F)F)c(-c3ccc(Cl)cc3)c2N)cc1. The van der Waals surface area contributed by atoms with Crippen LogP contribution in [0.25, 0.3) is 16.8 Å². The quantitative estimate of drug-likeness (QED) is 0.697. The van der Waals surface area contributed by atoms with Gasteiger partial charge in [0.1, 0.15) is 5.82 Å². The van der Waals surface area contributed by atoms with E-state index < -0.39 is 11.9 Å². The number of nitrogens with zero attached hydrogens (tertiary/aromatic N) is 2. The lowest BCUT2D eigenvalue weighted by molar-refractivity contribution is -0.140. The monoisotopic (exact) mass is 351 g/mol. The molecule has 3 aromatic rings. The molecule has 1 heterocycles. The molecule has 7 heteroatoms. The van der Waals surface area contributed by atoms with Crippen LogP contribution in [-0.2, 0) is 6.18 Å². The number of hydrogen-bond donors (Lipinski definition) is 1. The van der Waals surface area contributed by atoms with Crippen LogP contribution in [0.15, 0.2) is 48.5 Å². The van der Waals surface area contributed by atoms with Gasteiger partial charge in [0.05, 0.1) is 11.3 Å². The van der Waals surface area contributed by atoms with Crippen molar-refractivity contribution in [3.63, 3.8) is 0 Å². The van der Waals surface area contributed by atoms with Crippen LogP contribution in [0.4, 0.5) is 19.0 Å². The van der Waals surface area contributed by atoms with E-state index in [1.54, 1.807) is 24.3 Å². The van der Waals surface area contributed by atoms with E-state index in [1.807, 2.05) is 6.92 Å². The molecule has 2 aromatic carbocycles. The minimum absolute atomic E-state index is 0.0755. The fraction of sp³-hybridized carbons (Fsp3) is 0.118. The zero-order chi connectivity index (χ0) is 17.5. The second-order valence-electron chi connectivity index (χ2n) is 5.36. The molecule has 0 atom stereocenters. The van der Waals surface area contributed by atoms with Crippen molar-refractivity contribution in [3.8, 4) is 16.8 Å². The number of halogens is 4. The zero-order valence-corrected chi connectivity index (χ0v) is 13.4. The van der Waals surface area contributed by atoms with E-state index in [2.05, 4.69) is 5.10 Å². The van der Waals surface area contributed by atoms with Crippen molar-refractivity contribution < 1.29 is 13.2 Å². The average molecular weight is 352 g/mol. The fourth-order valence-electron chi connectivity index (χ4n) is 2.41. The highest BCUT2D eigenvalue weighted by Crippen LogP contribution is 2.40. The second-order valence-corrected chi connectivity index (χ2v) is 5.80. The van der Waals surface area contributed by atoms with E-state index in [0.29, 0.717) is 16.3 Å². The smallest absolute Gasteiger partial charge is 0.383 e. The van der Waals surface area contributed by atoms with Crippen LogP contribution in [0.5, 0.6) is 0 Å². The van der Waals surface area contributed by atoms with Crippen LogP contribution in [0.3, 0.4) is 0 Å². The maximum Gasteiger partial charge on any atom is 0.435 e. The van der Waals surface area contributed by atoms with E-state index in [4.69, 9.17) is 17.3 Å². The van der Waals surface area contributed by atoms with Crippen molar-refractivity contribution >= 4 is 17.4 Å². The molecule has 0 amide bonds. The van der Waals surface area contributed by atoms with Gasteiger partial charge < -0.3 is 5.73 Å². The summed E-state index contributed by atoms with van der Waals surface area (Å²) < 4.78 is 41.4. The molecule has 0 bridgehead atoms. The van der Waals surface area contributed by atoms with Gasteiger partial charge in [0, 0.05) is 5.02 Å². The number of hydrogen-bond acceptors (Lipinski definition) is 2. The Morgan fingerprint density at radius 3 is 2.12 bits per heavy atom. The molecule has 1 aromatic heterocycles. The highest BCUT2D eigenvalue weighted by Gasteiger charge is 2.39. The normalized spacial score (nSPS) is 11.7. The molecule has 0 saturated carbocycles. The number of alkyl halides is 3. The Kier molecular flexibility index (Phi) is 4.01. The Morgan fingerprint density at radius 2 is 1.58 bits per heavy atom. The van der Waals surface area contributed by atoms with Crippen LogP contribution in [0, 0.1) is 6.92 Å². The molecule has 0 radical (unpaired) electrons. The number of aryl methyl sites for hydroxylation is 1. The molecule has 0 saturated heterocycles. The first-order valence-corrected chi connectivity index (χ1v) is 7.44. The summed E-state index contributed by atoms with van der Waals surface area (Å²) >= 11 is 5.81. The fourth-order valence-corrected chi connectivity index (χ4v) is 2.54. The predicted molar refractivity (Wildman–Crippen MR) is 88.2 cm³/mol. The molecule has 24 heavy (non-hydrogen) atoms. The highest BCUT2D eigenvalue weighted by molar-refractivity contribution is 6.30. The Labute approximate surface area is 141 Å². The van der Waals surface area contributed by atoms with Crippen molar-refractivity contribution in [1.82, 2.24) is 9.78 Å². The maximum absolute atomic E-state index is 13.4. The van der Waals surface area contributed by atoms with E-state index in [0.717, 1.165) is 10.2 Å². The number of nitrogen functional groups attached to an aromatic ring is 1. The van der Waals surface area contributed by atoms with Gasteiger partial charge in [-0.3, -0.25) is 0 Å². The molecule has 0 aliphatic carbocycles. The first kappa shape index (κ1) is 16.4. The minimum Gasteiger partial charge on any atom is -0.383 e. The third kappa shape index (κ3) is 2.97. The van der Waals surface area contributed by atoms with E-state index in [9.17, 15) is 13.2 Å². The summed E-state index contributed by atoms with van der Waals surface area (Å²) in [5, 5.41) is 4.14. The summed E-state index contributed by atoms with van der Waals surface area (Å²) in [6.07, 6.45) is -4.63. The Morgan fingerprint density at radius 1 is 1.00 bits per heavy atom. The van der Waals surface area contributed by atoms with Gasteiger partial charge >= 0.3 is 6.18 Å². The zero-order valence-electron chi connectivity index (χ0n) is 12.6. The van der Waals surface area contributed by atoms with Gasteiger partial charge in [0.15, 0.2) is 5.69 Å². The number of aromatic nitrogens is 2. The summed E-state index contributed by atoms with van der Waals surface area (Å²) in [7, 11) is 0. The topological polar surface area (TPSA) is 43.8 Å². The molecular formula is C17H13ClF3N3. The Bertz CT molecular complexity index is 866. The second kappa shape index (κ2) is 5.87. The van der Waals surface area contributed by atoms with E-state index in [1.165, 1.54) is 24.3 Å². The summed E-state index contributed by atoms with van der Waals surface area (Å²) in [6.45, 7) is 1.89. The third-order valence-corrected chi connectivity index (χ3v) is 3.85. The minimum atomic E-state index is -4.63. The molecule has 3 nitrogen and oxygen atoms in total. The number of anilines is 1. The summed E-state index contributed by atoms with van der Waals surface area (Å²) in [5.41, 5.74) is 6.58. The number of benzene rings is 2. The van der Waals surface area contributed by atoms with Crippen LogP contribution < -0.4 is 5.73 Å². The summed E-state index contributed by atoms with van der Waals surface area (Å²) in [5.74, 6) is -0.0755. The first-order chi connectivity index (χ1) is 11.3.